The van der Waals surface area contributed by atoms with Crippen molar-refractivity contribution in [2.45, 2.75) is 17.8 Å². The first-order valence-corrected chi connectivity index (χ1v) is 8.78. The van der Waals surface area contributed by atoms with Crippen molar-refractivity contribution in [3.63, 3.8) is 0 Å². The average molecular weight is 345 g/mol. The molecule has 1 aromatic carbocycles. The topological polar surface area (TPSA) is 63.9 Å². The summed E-state index contributed by atoms with van der Waals surface area (Å²) in [5, 5.41) is 7.53. The van der Waals surface area contributed by atoms with Crippen molar-refractivity contribution in [1.29, 1.82) is 0 Å². The van der Waals surface area contributed by atoms with Crippen LogP contribution in [-0.2, 0) is 17.6 Å². The number of thioether (sulfide) groups is 1. The minimum Gasteiger partial charge on any atom is -0.274 e. The Morgan fingerprint density at radius 2 is 2.13 bits per heavy atom. The lowest BCUT2D eigenvalue weighted by molar-refractivity contribution is -0.115. The van der Waals surface area contributed by atoms with Crippen LogP contribution in [0.1, 0.15) is 12.6 Å². The molecule has 0 aliphatic rings. The lowest BCUT2D eigenvalue weighted by Gasteiger charge is -2.17. The largest absolute Gasteiger partial charge is 0.274 e. The number of aryl methyl sites for hydroxylation is 1. The van der Waals surface area contributed by atoms with E-state index in [1.54, 1.807) is 28.3 Å². The number of hydrogen-bond acceptors (Lipinski definition) is 6. The van der Waals surface area contributed by atoms with Crippen LogP contribution in [0.4, 0.5) is 10.8 Å². The van der Waals surface area contributed by atoms with E-state index < -0.39 is 0 Å². The fraction of sp³-hybridized carbons (Fsp3) is 0.200. The van der Waals surface area contributed by atoms with Crippen molar-refractivity contribution in [1.82, 2.24) is 19.7 Å². The van der Waals surface area contributed by atoms with Crippen molar-refractivity contribution in [2.75, 3.05) is 4.90 Å². The summed E-state index contributed by atoms with van der Waals surface area (Å²) in [5.41, 5.74) is 1.74. The van der Waals surface area contributed by atoms with E-state index in [-0.39, 0.29) is 5.91 Å². The molecular weight excluding hydrogens is 330 g/mol. The van der Waals surface area contributed by atoms with Crippen molar-refractivity contribution in [3.8, 4) is 0 Å². The summed E-state index contributed by atoms with van der Waals surface area (Å²) in [5.74, 6) is 0.627. The summed E-state index contributed by atoms with van der Waals surface area (Å²) in [7, 11) is 1.86. The second-order valence-electron chi connectivity index (χ2n) is 4.77. The molecule has 0 aliphatic heterocycles. The standard InChI is InChI=1S/C15H15N5OS2/c1-11(21)20(13-6-4-3-5-7-13)15-18-12(9-23-15)8-22-14-16-10-17-19(14)2/h3-7,9-10H,8H2,1-2H3. The zero-order chi connectivity index (χ0) is 16.2. The number of hydrogen-bond donors (Lipinski definition) is 0. The lowest BCUT2D eigenvalue weighted by Crippen LogP contribution is -2.22. The van der Waals surface area contributed by atoms with Gasteiger partial charge in [0.15, 0.2) is 10.3 Å². The van der Waals surface area contributed by atoms with Gasteiger partial charge in [-0.2, -0.15) is 5.10 Å². The molecule has 2 heterocycles. The second-order valence-corrected chi connectivity index (χ2v) is 6.55. The Bertz CT molecular complexity index is 799. The minimum atomic E-state index is -0.0574. The molecule has 23 heavy (non-hydrogen) atoms. The normalized spacial score (nSPS) is 10.7. The van der Waals surface area contributed by atoms with Crippen LogP contribution in [0.15, 0.2) is 47.2 Å². The summed E-state index contributed by atoms with van der Waals surface area (Å²) in [6.07, 6.45) is 1.53. The molecule has 0 N–H and O–H groups in total. The van der Waals surface area contributed by atoms with Crippen LogP contribution in [0.5, 0.6) is 0 Å². The highest BCUT2D eigenvalue weighted by Gasteiger charge is 2.17. The van der Waals surface area contributed by atoms with Crippen LogP contribution in [0.3, 0.4) is 0 Å². The zero-order valence-corrected chi connectivity index (χ0v) is 14.3. The highest BCUT2D eigenvalue weighted by molar-refractivity contribution is 7.98. The van der Waals surface area contributed by atoms with Crippen LogP contribution in [0, 0.1) is 0 Å². The smallest absolute Gasteiger partial charge is 0.230 e. The highest BCUT2D eigenvalue weighted by atomic mass is 32.2. The monoisotopic (exact) mass is 345 g/mol. The van der Waals surface area contributed by atoms with E-state index in [0.717, 1.165) is 16.5 Å². The Labute approximate surface area is 142 Å². The SMILES string of the molecule is CC(=O)N(c1ccccc1)c1nc(CSc2ncnn2C)cs1. The number of aromatic nitrogens is 4. The van der Waals surface area contributed by atoms with Gasteiger partial charge >= 0.3 is 0 Å². The predicted octanol–water partition coefficient (Wildman–Crippen LogP) is 3.25. The van der Waals surface area contributed by atoms with Crippen molar-refractivity contribution < 1.29 is 4.79 Å². The Hall–Kier alpha value is -2.19. The first-order valence-electron chi connectivity index (χ1n) is 6.92. The number of carbonyl (C=O) groups excluding carboxylic acids is 1. The Morgan fingerprint density at radius 3 is 2.78 bits per heavy atom. The molecule has 0 bridgehead atoms. The zero-order valence-electron chi connectivity index (χ0n) is 12.7. The number of carbonyl (C=O) groups is 1. The van der Waals surface area contributed by atoms with Crippen LogP contribution in [0.2, 0.25) is 0 Å². The molecule has 0 atom stereocenters. The number of nitrogens with zero attached hydrogens (tertiary/aromatic N) is 5. The molecule has 0 aliphatic carbocycles. The molecule has 6 nitrogen and oxygen atoms in total. The van der Waals surface area contributed by atoms with Gasteiger partial charge in [0.1, 0.15) is 6.33 Å². The predicted molar refractivity (Wildman–Crippen MR) is 91.9 cm³/mol. The maximum absolute atomic E-state index is 12.0. The molecule has 0 saturated heterocycles. The van der Waals surface area contributed by atoms with E-state index in [4.69, 9.17) is 0 Å². The second kappa shape index (κ2) is 6.93. The van der Waals surface area contributed by atoms with E-state index in [1.165, 1.54) is 17.7 Å². The van der Waals surface area contributed by atoms with Gasteiger partial charge in [0.25, 0.3) is 0 Å². The van der Waals surface area contributed by atoms with Gasteiger partial charge in [-0.1, -0.05) is 30.0 Å². The number of rotatable bonds is 5. The molecular formula is C15H15N5OS2. The molecule has 2 aromatic heterocycles. The van der Waals surface area contributed by atoms with Gasteiger partial charge in [0, 0.05) is 25.1 Å². The number of benzene rings is 1. The van der Waals surface area contributed by atoms with Gasteiger partial charge in [-0.25, -0.2) is 14.6 Å². The minimum absolute atomic E-state index is 0.0574. The number of amides is 1. The van der Waals surface area contributed by atoms with Crippen LogP contribution in [0.25, 0.3) is 0 Å². The number of thiazole rings is 1. The molecule has 8 heteroatoms. The maximum atomic E-state index is 12.0. The van der Waals surface area contributed by atoms with Crippen LogP contribution < -0.4 is 4.90 Å². The fourth-order valence-corrected chi connectivity index (χ4v) is 3.80. The van der Waals surface area contributed by atoms with Crippen LogP contribution >= 0.6 is 23.1 Å². The van der Waals surface area contributed by atoms with E-state index in [1.807, 2.05) is 42.8 Å². The third-order valence-electron chi connectivity index (χ3n) is 3.08. The summed E-state index contributed by atoms with van der Waals surface area (Å²) >= 11 is 3.03. The van der Waals surface area contributed by atoms with Crippen molar-refractivity contribution >= 4 is 39.8 Å². The molecule has 3 rings (SSSR count). The van der Waals surface area contributed by atoms with E-state index in [9.17, 15) is 4.79 Å². The van der Waals surface area contributed by atoms with Gasteiger partial charge < -0.3 is 0 Å². The van der Waals surface area contributed by atoms with Crippen molar-refractivity contribution in [3.05, 3.63) is 47.7 Å². The first kappa shape index (κ1) is 15.7. The number of para-hydroxylation sites is 1. The van der Waals surface area contributed by atoms with E-state index >= 15 is 0 Å². The number of anilines is 2. The van der Waals surface area contributed by atoms with Gasteiger partial charge in [-0.05, 0) is 12.1 Å². The summed E-state index contributed by atoms with van der Waals surface area (Å²) in [6, 6.07) is 9.54. The third kappa shape index (κ3) is 3.59. The fourth-order valence-electron chi connectivity index (χ4n) is 2.02. The molecule has 1 amide bonds. The molecule has 0 fully saturated rings. The van der Waals surface area contributed by atoms with Gasteiger partial charge in [0.2, 0.25) is 5.91 Å². The summed E-state index contributed by atoms with van der Waals surface area (Å²) in [6.45, 7) is 1.54. The summed E-state index contributed by atoms with van der Waals surface area (Å²) < 4.78 is 1.73. The van der Waals surface area contributed by atoms with Gasteiger partial charge in [-0.15, -0.1) is 11.3 Å². The Balaban J connectivity index is 1.77. The van der Waals surface area contributed by atoms with E-state index in [0.29, 0.717) is 10.9 Å². The summed E-state index contributed by atoms with van der Waals surface area (Å²) in [4.78, 5) is 22.4. The molecule has 0 radical (unpaired) electrons. The van der Waals surface area contributed by atoms with Gasteiger partial charge in [-0.3, -0.25) is 9.69 Å². The van der Waals surface area contributed by atoms with E-state index in [2.05, 4.69) is 15.1 Å². The van der Waals surface area contributed by atoms with Crippen molar-refractivity contribution in [2.24, 2.45) is 7.05 Å². The Kier molecular flexibility index (Phi) is 4.73. The molecule has 0 saturated carbocycles. The lowest BCUT2D eigenvalue weighted by atomic mass is 10.3. The molecule has 3 aromatic rings. The molecule has 0 spiro atoms. The van der Waals surface area contributed by atoms with Crippen LogP contribution in [-0.4, -0.2) is 25.7 Å². The molecule has 0 unspecified atom stereocenters. The highest BCUT2D eigenvalue weighted by Crippen LogP contribution is 2.30. The van der Waals surface area contributed by atoms with Gasteiger partial charge in [0.05, 0.1) is 11.4 Å². The first-order chi connectivity index (χ1) is 11.1. The average Bonchev–Trinajstić information content (AvgIpc) is 3.15. The molecule has 118 valence electrons. The quantitative estimate of drug-likeness (QED) is 0.664. The third-order valence-corrected chi connectivity index (χ3v) is 5.02. The Morgan fingerprint density at radius 1 is 1.35 bits per heavy atom. The maximum Gasteiger partial charge on any atom is 0.230 e.